The van der Waals surface area contributed by atoms with E-state index in [-0.39, 0.29) is 11.3 Å². The Morgan fingerprint density at radius 3 is 2.27 bits per heavy atom. The maximum Gasteiger partial charge on any atom is 0.416 e. The molecule has 22 heavy (non-hydrogen) atoms. The number of anilines is 1. The first-order valence-corrected chi connectivity index (χ1v) is 6.33. The number of imide groups is 1. The molecule has 0 aliphatic heterocycles. The maximum atomic E-state index is 11.6. The molecule has 0 saturated heterocycles. The van der Waals surface area contributed by atoms with Crippen LogP contribution in [-0.2, 0) is 9.53 Å². The Morgan fingerprint density at radius 1 is 1.27 bits per heavy atom. The summed E-state index contributed by atoms with van der Waals surface area (Å²) in [6.07, 6.45) is -0.924. The summed E-state index contributed by atoms with van der Waals surface area (Å²) >= 11 is 0. The summed E-state index contributed by atoms with van der Waals surface area (Å²) in [5.41, 5.74) is -0.475. The number of alkyl carbamates (subject to hydrolysis) is 1. The van der Waals surface area contributed by atoms with Crippen molar-refractivity contribution in [2.45, 2.75) is 26.5 Å². The van der Waals surface area contributed by atoms with Gasteiger partial charge < -0.3 is 10.1 Å². The van der Waals surface area contributed by atoms with Crippen molar-refractivity contribution < 1.29 is 19.2 Å². The van der Waals surface area contributed by atoms with Gasteiger partial charge in [-0.25, -0.2) is 4.79 Å². The molecule has 2 N–H and O–H groups in total. The number of nitrogens with zero attached hydrogens (tertiary/aromatic N) is 1. The van der Waals surface area contributed by atoms with Crippen LogP contribution in [0.25, 0.3) is 0 Å². The maximum absolute atomic E-state index is 11.6. The van der Waals surface area contributed by atoms with Crippen LogP contribution in [0.4, 0.5) is 16.2 Å². The summed E-state index contributed by atoms with van der Waals surface area (Å²) in [4.78, 5) is 32.9. The van der Waals surface area contributed by atoms with Crippen LogP contribution < -0.4 is 10.6 Å². The van der Waals surface area contributed by atoms with E-state index in [0.29, 0.717) is 5.69 Å². The van der Waals surface area contributed by atoms with E-state index in [9.17, 15) is 19.7 Å². The molecule has 8 nitrogen and oxygen atoms in total. The summed E-state index contributed by atoms with van der Waals surface area (Å²) in [6.45, 7) is 8.00. The highest BCUT2D eigenvalue weighted by molar-refractivity contribution is 6.01. The molecule has 1 aromatic carbocycles. The van der Waals surface area contributed by atoms with Crippen molar-refractivity contribution in [2.75, 3.05) is 5.32 Å². The number of carbonyl (C=O) groups excluding carboxylic acids is 2. The monoisotopic (exact) mass is 307 g/mol. The highest BCUT2D eigenvalue weighted by Crippen LogP contribution is 2.20. The summed E-state index contributed by atoms with van der Waals surface area (Å²) in [6, 6.07) is 5.62. The number of nitro benzene ring substituents is 1. The first-order chi connectivity index (χ1) is 10.1. The van der Waals surface area contributed by atoms with Crippen LogP contribution in [0.2, 0.25) is 0 Å². The van der Waals surface area contributed by atoms with Crippen molar-refractivity contribution in [1.82, 2.24) is 5.32 Å². The molecule has 0 spiro atoms. The van der Waals surface area contributed by atoms with Gasteiger partial charge in [-0.2, -0.15) is 0 Å². The minimum atomic E-state index is -1.13. The van der Waals surface area contributed by atoms with E-state index < -0.39 is 22.6 Å². The van der Waals surface area contributed by atoms with Gasteiger partial charge in [0.05, 0.1) is 4.92 Å². The third-order valence-electron chi connectivity index (χ3n) is 2.47. The predicted molar refractivity (Wildman–Crippen MR) is 80.2 cm³/mol. The second-order valence-electron chi connectivity index (χ2n) is 5.06. The summed E-state index contributed by atoms with van der Waals surface area (Å²) in [5, 5.41) is 15.5. The molecule has 0 bridgehead atoms. The van der Waals surface area contributed by atoms with E-state index in [1.54, 1.807) is 13.8 Å². The van der Waals surface area contributed by atoms with Crippen molar-refractivity contribution in [1.29, 1.82) is 0 Å². The standard InChI is InChI=1S/C14H17N3O5/c1-9(2)12(18)15-13(19)22-14(3,4)16-10-5-7-11(8-6-10)17(20)21/h5-8,16H,1H2,2-4H3,(H,15,18,19). The van der Waals surface area contributed by atoms with Crippen LogP contribution in [-0.4, -0.2) is 22.6 Å². The summed E-state index contributed by atoms with van der Waals surface area (Å²) < 4.78 is 5.08. The van der Waals surface area contributed by atoms with E-state index in [1.165, 1.54) is 31.2 Å². The van der Waals surface area contributed by atoms with Crippen molar-refractivity contribution in [3.63, 3.8) is 0 Å². The number of benzene rings is 1. The van der Waals surface area contributed by atoms with E-state index in [4.69, 9.17) is 4.74 Å². The van der Waals surface area contributed by atoms with Gasteiger partial charge in [-0.1, -0.05) is 6.58 Å². The zero-order valence-electron chi connectivity index (χ0n) is 12.5. The quantitative estimate of drug-likeness (QED) is 0.374. The number of carbonyl (C=O) groups is 2. The molecule has 0 atom stereocenters. The minimum absolute atomic E-state index is 0.0472. The summed E-state index contributed by atoms with van der Waals surface area (Å²) in [5.74, 6) is -0.629. The molecule has 0 unspecified atom stereocenters. The number of nitro groups is 1. The number of rotatable bonds is 5. The molecule has 1 aromatic rings. The van der Waals surface area contributed by atoms with E-state index >= 15 is 0 Å². The molecule has 0 aromatic heterocycles. The van der Waals surface area contributed by atoms with Crippen LogP contribution in [0, 0.1) is 10.1 Å². The van der Waals surface area contributed by atoms with Gasteiger partial charge in [0.15, 0.2) is 5.72 Å². The van der Waals surface area contributed by atoms with Gasteiger partial charge in [-0.05, 0) is 32.9 Å². The predicted octanol–water partition coefficient (Wildman–Crippen LogP) is 2.57. The van der Waals surface area contributed by atoms with Crippen molar-refractivity contribution in [3.05, 3.63) is 46.5 Å². The lowest BCUT2D eigenvalue weighted by Gasteiger charge is -2.27. The van der Waals surface area contributed by atoms with Gasteiger partial charge in [0.2, 0.25) is 0 Å². The molecule has 0 saturated carbocycles. The molecule has 0 aliphatic carbocycles. The molecule has 2 amide bonds. The molecule has 0 radical (unpaired) electrons. The third kappa shape index (κ3) is 5.23. The topological polar surface area (TPSA) is 111 Å². The lowest BCUT2D eigenvalue weighted by Crippen LogP contribution is -2.42. The molecule has 0 aliphatic rings. The number of amides is 2. The Kier molecular flexibility index (Phi) is 5.23. The molecule has 0 heterocycles. The Bertz CT molecular complexity index is 607. The molecule has 1 rings (SSSR count). The van der Waals surface area contributed by atoms with Gasteiger partial charge in [0, 0.05) is 23.4 Å². The zero-order valence-corrected chi connectivity index (χ0v) is 12.5. The van der Waals surface area contributed by atoms with Gasteiger partial charge in [0.25, 0.3) is 11.6 Å². The van der Waals surface area contributed by atoms with Gasteiger partial charge >= 0.3 is 6.09 Å². The van der Waals surface area contributed by atoms with Crippen LogP contribution in [0.3, 0.4) is 0 Å². The second-order valence-corrected chi connectivity index (χ2v) is 5.06. The lowest BCUT2D eigenvalue weighted by atomic mass is 10.2. The number of non-ortho nitro benzene ring substituents is 1. The van der Waals surface area contributed by atoms with E-state index in [0.717, 1.165) is 0 Å². The molecule has 8 heteroatoms. The molecular weight excluding hydrogens is 290 g/mol. The van der Waals surface area contributed by atoms with E-state index in [1.807, 2.05) is 5.32 Å². The highest BCUT2D eigenvalue weighted by atomic mass is 16.6. The minimum Gasteiger partial charge on any atom is -0.423 e. The van der Waals surface area contributed by atoms with Crippen LogP contribution in [0.5, 0.6) is 0 Å². The largest absolute Gasteiger partial charge is 0.423 e. The Labute approximate surface area is 127 Å². The average Bonchev–Trinajstić information content (AvgIpc) is 2.37. The van der Waals surface area contributed by atoms with Gasteiger partial charge in [-0.3, -0.25) is 20.2 Å². The fourth-order valence-corrected chi connectivity index (χ4v) is 1.50. The van der Waals surface area contributed by atoms with Crippen molar-refractivity contribution in [3.8, 4) is 0 Å². The molecule has 0 fully saturated rings. The zero-order chi connectivity index (χ0) is 16.9. The fourth-order valence-electron chi connectivity index (χ4n) is 1.50. The van der Waals surface area contributed by atoms with E-state index in [2.05, 4.69) is 11.9 Å². The Hall–Kier alpha value is -2.90. The number of hydrogen-bond acceptors (Lipinski definition) is 6. The SMILES string of the molecule is C=C(C)C(=O)NC(=O)OC(C)(C)Nc1ccc([N+](=O)[O-])cc1. The Morgan fingerprint density at radius 2 is 1.82 bits per heavy atom. The van der Waals surface area contributed by atoms with Gasteiger partial charge in [0.1, 0.15) is 0 Å². The normalized spacial score (nSPS) is 10.5. The number of ether oxygens (including phenoxy) is 1. The van der Waals surface area contributed by atoms with Crippen LogP contribution >= 0.6 is 0 Å². The second kappa shape index (κ2) is 6.70. The van der Waals surface area contributed by atoms with Crippen LogP contribution in [0.1, 0.15) is 20.8 Å². The Balaban J connectivity index is 2.66. The first-order valence-electron chi connectivity index (χ1n) is 6.33. The third-order valence-corrected chi connectivity index (χ3v) is 2.47. The molecular formula is C14H17N3O5. The lowest BCUT2D eigenvalue weighted by molar-refractivity contribution is -0.384. The molecule has 118 valence electrons. The van der Waals surface area contributed by atoms with Crippen LogP contribution in [0.15, 0.2) is 36.4 Å². The smallest absolute Gasteiger partial charge is 0.416 e. The highest BCUT2D eigenvalue weighted by Gasteiger charge is 2.24. The number of hydrogen-bond donors (Lipinski definition) is 2. The van der Waals surface area contributed by atoms with Crippen molar-refractivity contribution in [2.24, 2.45) is 0 Å². The van der Waals surface area contributed by atoms with Crippen molar-refractivity contribution >= 4 is 23.4 Å². The number of nitrogens with one attached hydrogen (secondary N) is 2. The summed E-state index contributed by atoms with van der Waals surface area (Å²) in [7, 11) is 0. The first kappa shape index (κ1) is 17.2. The van der Waals surface area contributed by atoms with Gasteiger partial charge in [-0.15, -0.1) is 0 Å². The fraction of sp³-hybridized carbons (Fsp3) is 0.286. The average molecular weight is 307 g/mol.